The van der Waals surface area contributed by atoms with Crippen LogP contribution in [0, 0.1) is 6.92 Å². The number of hydroxylamine groups is 1. The molecule has 0 saturated heterocycles. The Morgan fingerprint density at radius 1 is 1.57 bits per heavy atom. The number of hydrogen-bond acceptors (Lipinski definition) is 3. The van der Waals surface area contributed by atoms with Crippen molar-refractivity contribution in [3.05, 3.63) is 29.3 Å². The summed E-state index contributed by atoms with van der Waals surface area (Å²) in [5.74, 6) is -0.267. The van der Waals surface area contributed by atoms with E-state index in [1.807, 2.05) is 0 Å². The summed E-state index contributed by atoms with van der Waals surface area (Å²) in [5, 5.41) is 0. The van der Waals surface area contributed by atoms with Gasteiger partial charge in [-0.05, 0) is 31.5 Å². The van der Waals surface area contributed by atoms with Crippen LogP contribution in [0.4, 0.5) is 5.69 Å². The molecule has 1 rings (SSSR count). The van der Waals surface area contributed by atoms with Crippen LogP contribution in [0.1, 0.15) is 22.8 Å². The molecule has 1 amide bonds. The van der Waals surface area contributed by atoms with Crippen molar-refractivity contribution in [1.82, 2.24) is 5.48 Å². The molecule has 0 fully saturated rings. The van der Waals surface area contributed by atoms with Crippen LogP contribution in [0.2, 0.25) is 0 Å². The van der Waals surface area contributed by atoms with Gasteiger partial charge in [-0.25, -0.2) is 5.48 Å². The van der Waals surface area contributed by atoms with Crippen molar-refractivity contribution in [2.75, 3.05) is 12.3 Å². The Morgan fingerprint density at radius 3 is 2.93 bits per heavy atom. The van der Waals surface area contributed by atoms with Gasteiger partial charge in [-0.3, -0.25) is 9.63 Å². The molecule has 1 aromatic rings. The van der Waals surface area contributed by atoms with Gasteiger partial charge in [0, 0.05) is 11.3 Å². The minimum Gasteiger partial charge on any atom is -0.398 e. The van der Waals surface area contributed by atoms with Gasteiger partial charge in [-0.2, -0.15) is 0 Å². The second kappa shape index (κ2) is 4.62. The lowest BCUT2D eigenvalue weighted by Gasteiger charge is -2.08. The van der Waals surface area contributed by atoms with Gasteiger partial charge in [0.15, 0.2) is 0 Å². The fourth-order valence-electron chi connectivity index (χ4n) is 1.09. The normalized spacial score (nSPS) is 9.86. The molecular formula is C10H14N2O2. The summed E-state index contributed by atoms with van der Waals surface area (Å²) < 4.78 is 0. The average molecular weight is 194 g/mol. The first kappa shape index (κ1) is 10.5. The zero-order chi connectivity index (χ0) is 10.6. The third-order valence-corrected chi connectivity index (χ3v) is 1.93. The standard InChI is InChI=1S/C10H14N2O2/c1-3-14-12-10(13)8-5-4-6-9(11)7(8)2/h4-6H,3,11H2,1-2H3,(H,12,13). The van der Waals surface area contributed by atoms with Gasteiger partial charge in [0.05, 0.1) is 6.61 Å². The number of rotatable bonds is 3. The monoisotopic (exact) mass is 194 g/mol. The largest absolute Gasteiger partial charge is 0.398 e. The predicted octanol–water partition coefficient (Wildman–Crippen LogP) is 1.26. The van der Waals surface area contributed by atoms with Crippen molar-refractivity contribution in [2.24, 2.45) is 0 Å². The minimum absolute atomic E-state index is 0.267. The smallest absolute Gasteiger partial charge is 0.275 e. The number of nitrogen functional groups attached to an aromatic ring is 1. The van der Waals surface area contributed by atoms with E-state index in [0.29, 0.717) is 17.9 Å². The average Bonchev–Trinajstić information content (AvgIpc) is 2.18. The Hall–Kier alpha value is -1.55. The third kappa shape index (κ3) is 2.23. The number of amides is 1. The van der Waals surface area contributed by atoms with E-state index in [1.54, 1.807) is 32.0 Å². The molecule has 0 saturated carbocycles. The highest BCUT2D eigenvalue weighted by Crippen LogP contribution is 2.14. The van der Waals surface area contributed by atoms with Crippen LogP contribution in [-0.4, -0.2) is 12.5 Å². The molecule has 0 aliphatic rings. The molecule has 4 nitrogen and oxygen atoms in total. The van der Waals surface area contributed by atoms with Gasteiger partial charge in [0.1, 0.15) is 0 Å². The van der Waals surface area contributed by atoms with Gasteiger partial charge in [-0.15, -0.1) is 0 Å². The number of anilines is 1. The summed E-state index contributed by atoms with van der Waals surface area (Å²) in [6.07, 6.45) is 0. The Balaban J connectivity index is 2.84. The number of nitrogens with one attached hydrogen (secondary N) is 1. The van der Waals surface area contributed by atoms with Crippen molar-refractivity contribution < 1.29 is 9.63 Å². The summed E-state index contributed by atoms with van der Waals surface area (Å²) in [5.41, 5.74) is 9.90. The highest BCUT2D eigenvalue weighted by atomic mass is 16.6. The molecule has 0 heterocycles. The number of benzene rings is 1. The van der Waals surface area contributed by atoms with E-state index in [-0.39, 0.29) is 5.91 Å². The molecule has 0 bridgehead atoms. The van der Waals surface area contributed by atoms with Crippen LogP contribution in [0.5, 0.6) is 0 Å². The molecular weight excluding hydrogens is 180 g/mol. The van der Waals surface area contributed by atoms with Crippen molar-refractivity contribution in [3.8, 4) is 0 Å². The molecule has 3 N–H and O–H groups in total. The predicted molar refractivity (Wildman–Crippen MR) is 54.7 cm³/mol. The Morgan fingerprint density at radius 2 is 2.29 bits per heavy atom. The zero-order valence-corrected chi connectivity index (χ0v) is 8.33. The van der Waals surface area contributed by atoms with Crippen molar-refractivity contribution in [2.45, 2.75) is 13.8 Å². The van der Waals surface area contributed by atoms with Crippen molar-refractivity contribution >= 4 is 11.6 Å². The Bertz CT molecular complexity index is 337. The van der Waals surface area contributed by atoms with E-state index in [0.717, 1.165) is 5.56 Å². The first-order valence-corrected chi connectivity index (χ1v) is 4.44. The summed E-state index contributed by atoms with van der Waals surface area (Å²) in [7, 11) is 0. The van der Waals surface area contributed by atoms with E-state index >= 15 is 0 Å². The number of carbonyl (C=O) groups excluding carboxylic acids is 1. The van der Waals surface area contributed by atoms with Crippen LogP contribution < -0.4 is 11.2 Å². The maximum Gasteiger partial charge on any atom is 0.275 e. The van der Waals surface area contributed by atoms with E-state index in [2.05, 4.69) is 5.48 Å². The fourth-order valence-corrected chi connectivity index (χ4v) is 1.09. The van der Waals surface area contributed by atoms with Gasteiger partial charge in [0.2, 0.25) is 0 Å². The lowest BCUT2D eigenvalue weighted by atomic mass is 10.1. The first-order chi connectivity index (χ1) is 6.66. The second-order valence-electron chi connectivity index (χ2n) is 2.88. The molecule has 0 unspecified atom stereocenters. The molecule has 4 heteroatoms. The number of hydrogen-bond donors (Lipinski definition) is 2. The summed E-state index contributed by atoms with van der Waals surface area (Å²) in [6, 6.07) is 5.20. The summed E-state index contributed by atoms with van der Waals surface area (Å²) in [4.78, 5) is 16.3. The van der Waals surface area contributed by atoms with Gasteiger partial charge in [0.25, 0.3) is 5.91 Å². The minimum atomic E-state index is -0.267. The number of nitrogens with two attached hydrogens (primary N) is 1. The maximum absolute atomic E-state index is 11.5. The highest BCUT2D eigenvalue weighted by Gasteiger charge is 2.09. The van der Waals surface area contributed by atoms with E-state index in [1.165, 1.54) is 0 Å². The Labute approximate surface area is 83.0 Å². The zero-order valence-electron chi connectivity index (χ0n) is 8.33. The van der Waals surface area contributed by atoms with Crippen LogP contribution in [0.3, 0.4) is 0 Å². The van der Waals surface area contributed by atoms with Crippen molar-refractivity contribution in [3.63, 3.8) is 0 Å². The lowest BCUT2D eigenvalue weighted by Crippen LogP contribution is -2.24. The molecule has 0 atom stereocenters. The number of carbonyl (C=O) groups is 1. The molecule has 14 heavy (non-hydrogen) atoms. The van der Waals surface area contributed by atoms with Gasteiger partial charge >= 0.3 is 0 Å². The maximum atomic E-state index is 11.5. The van der Waals surface area contributed by atoms with Crippen molar-refractivity contribution in [1.29, 1.82) is 0 Å². The molecule has 1 aromatic carbocycles. The van der Waals surface area contributed by atoms with Crippen LogP contribution in [0.25, 0.3) is 0 Å². The van der Waals surface area contributed by atoms with E-state index < -0.39 is 0 Å². The molecule has 0 spiro atoms. The lowest BCUT2D eigenvalue weighted by molar-refractivity contribution is 0.0364. The van der Waals surface area contributed by atoms with E-state index in [4.69, 9.17) is 10.6 Å². The van der Waals surface area contributed by atoms with Gasteiger partial charge in [-0.1, -0.05) is 6.07 Å². The fraction of sp³-hybridized carbons (Fsp3) is 0.300. The second-order valence-corrected chi connectivity index (χ2v) is 2.88. The molecule has 0 aliphatic heterocycles. The molecule has 76 valence electrons. The molecule has 0 aromatic heterocycles. The molecule has 0 radical (unpaired) electrons. The third-order valence-electron chi connectivity index (χ3n) is 1.93. The van der Waals surface area contributed by atoms with E-state index in [9.17, 15) is 4.79 Å². The van der Waals surface area contributed by atoms with Gasteiger partial charge < -0.3 is 5.73 Å². The highest BCUT2D eigenvalue weighted by molar-refractivity contribution is 5.96. The topological polar surface area (TPSA) is 64.3 Å². The first-order valence-electron chi connectivity index (χ1n) is 4.44. The van der Waals surface area contributed by atoms with Crippen LogP contribution in [0.15, 0.2) is 18.2 Å². The quantitative estimate of drug-likeness (QED) is 0.562. The SMILES string of the molecule is CCONC(=O)c1cccc(N)c1C. The summed E-state index contributed by atoms with van der Waals surface area (Å²) in [6.45, 7) is 4.04. The summed E-state index contributed by atoms with van der Waals surface area (Å²) >= 11 is 0. The molecule has 0 aliphatic carbocycles. The Kier molecular flexibility index (Phi) is 3.48. The van der Waals surface area contributed by atoms with Crippen LogP contribution in [-0.2, 0) is 4.84 Å². The van der Waals surface area contributed by atoms with Crippen LogP contribution >= 0.6 is 0 Å².